The number of methoxy groups -OCH3 is 1. The second-order valence-electron chi connectivity index (χ2n) is 22.3. The predicted octanol–water partition coefficient (Wildman–Crippen LogP) is -2.55. The van der Waals surface area contributed by atoms with Crippen molar-refractivity contribution in [3.63, 3.8) is 0 Å². The standard InChI is InChI=1S/C64H98N18O19/c1-70-43-51(76-68)62(89)75-64-73-50-40-47(60(67)87)42-53(58(50)81(64)12-5-4-11-80-57-49(39-46(59(66)86)41-52(57)90-3)72-63(80)74-61(88)48(65)44-77(2)69)101-18-6-10-78-13-15-79(16-14-78)17-20-92-22-24-94-26-28-96-30-32-98-34-36-100-38-37-99-35-33-97-31-29-95-27-25-93-23-21-91-19-9-71-54(83)45-82-55(84)7-8-56(82)85/h4-5,7-8,39-44,70,76H,6,9-38,45,65,68-69H2,1-3H3,(H2,66,86)(H2,67,87)(H,71,83)(H,72,74,88)(H,73,75,89)/b5-4+,48-44-,51-43-. The van der Waals surface area contributed by atoms with Crippen LogP contribution < -0.4 is 65.1 Å². The monoisotopic (exact) mass is 1420 g/mol. The van der Waals surface area contributed by atoms with Crippen LogP contribution in [0.5, 0.6) is 11.5 Å². The Labute approximate surface area is 585 Å². The van der Waals surface area contributed by atoms with Crippen LogP contribution in [0.1, 0.15) is 27.1 Å². The number of nitrogens with zero attached hydrogens (tertiary/aromatic N) is 8. The van der Waals surface area contributed by atoms with Crippen LogP contribution in [0.15, 0.2) is 72.4 Å². The van der Waals surface area contributed by atoms with E-state index in [4.69, 9.17) is 90.7 Å². The van der Waals surface area contributed by atoms with Crippen molar-refractivity contribution in [2.45, 2.75) is 19.5 Å². The molecule has 558 valence electrons. The lowest BCUT2D eigenvalue weighted by Crippen LogP contribution is -2.47. The number of nitrogens with two attached hydrogens (primary N) is 5. The molecule has 37 heteroatoms. The lowest BCUT2D eigenvalue weighted by atomic mass is 10.1. The molecule has 2 aliphatic rings. The fourth-order valence-corrected chi connectivity index (χ4v) is 9.88. The molecule has 0 spiro atoms. The summed E-state index contributed by atoms with van der Waals surface area (Å²) in [4.78, 5) is 101. The fraction of sp³-hybridized carbons (Fsp3) is 0.547. The van der Waals surface area contributed by atoms with Crippen molar-refractivity contribution >= 4 is 75.3 Å². The Morgan fingerprint density at radius 1 is 0.564 bits per heavy atom. The van der Waals surface area contributed by atoms with Crippen molar-refractivity contribution in [1.82, 2.24) is 54.9 Å². The topological polar surface area (TPSA) is 469 Å². The minimum absolute atomic E-state index is 0.00693. The summed E-state index contributed by atoms with van der Waals surface area (Å²) in [5.41, 5.74) is 21.3. The van der Waals surface area contributed by atoms with Crippen LogP contribution in [-0.2, 0) is 84.4 Å². The molecule has 2 aromatic carbocycles. The third-order valence-electron chi connectivity index (χ3n) is 14.9. The lowest BCUT2D eigenvalue weighted by Gasteiger charge is -2.34. The Hall–Kier alpha value is -8.93. The molecule has 2 aliphatic heterocycles. The number of imide groups is 1. The minimum atomic E-state index is -0.715. The second-order valence-corrected chi connectivity index (χ2v) is 22.3. The Balaban J connectivity index is 0.792. The number of fused-ring (bicyclic) bond motifs is 2. The van der Waals surface area contributed by atoms with Crippen molar-refractivity contribution in [2.24, 2.45) is 28.9 Å². The molecule has 1 fully saturated rings. The van der Waals surface area contributed by atoms with E-state index in [1.807, 2.05) is 0 Å². The third kappa shape index (κ3) is 28.6. The van der Waals surface area contributed by atoms with Crippen molar-refractivity contribution < 1.29 is 90.4 Å². The van der Waals surface area contributed by atoms with Crippen molar-refractivity contribution in [3.8, 4) is 11.5 Å². The highest BCUT2D eigenvalue weighted by atomic mass is 16.6. The molecule has 1 saturated heterocycles. The van der Waals surface area contributed by atoms with Crippen molar-refractivity contribution in [1.29, 1.82) is 0 Å². The number of carbonyl (C=O) groups is 7. The first-order valence-electron chi connectivity index (χ1n) is 33.0. The summed E-state index contributed by atoms with van der Waals surface area (Å²) in [6.45, 7) is 13.9. The summed E-state index contributed by atoms with van der Waals surface area (Å²) in [6, 6.07) is 6.00. The zero-order chi connectivity index (χ0) is 72.6. The Kier molecular flexibility index (Phi) is 36.7. The van der Waals surface area contributed by atoms with E-state index in [1.54, 1.807) is 34.4 Å². The predicted molar refractivity (Wildman–Crippen MR) is 368 cm³/mol. The van der Waals surface area contributed by atoms with Gasteiger partial charge in [0.25, 0.3) is 23.6 Å². The lowest BCUT2D eigenvalue weighted by molar-refractivity contribution is -0.141. The number of benzene rings is 2. The average molecular weight is 1420 g/mol. The zero-order valence-electron chi connectivity index (χ0n) is 57.6. The highest BCUT2D eigenvalue weighted by Crippen LogP contribution is 2.33. The number of rotatable bonds is 54. The quantitative estimate of drug-likeness (QED) is 0.00543. The number of nitrogens with one attached hydrogen (secondary N) is 5. The Bertz CT molecular complexity index is 3390. The summed E-state index contributed by atoms with van der Waals surface area (Å²) >= 11 is 0. The molecule has 0 aliphatic carbocycles. The van der Waals surface area contributed by atoms with Crippen LogP contribution in [-0.4, -0.2) is 292 Å². The van der Waals surface area contributed by atoms with Gasteiger partial charge in [-0.25, -0.2) is 15.8 Å². The third-order valence-corrected chi connectivity index (χ3v) is 14.9. The van der Waals surface area contributed by atoms with Crippen LogP contribution in [0.2, 0.25) is 0 Å². The van der Waals surface area contributed by atoms with E-state index in [0.717, 1.165) is 61.3 Å². The highest BCUT2D eigenvalue weighted by molar-refractivity contribution is 6.14. The molecule has 4 heterocycles. The van der Waals surface area contributed by atoms with Crippen LogP contribution in [0, 0.1) is 0 Å². The number of allylic oxidation sites excluding steroid dienone is 2. The number of hydrazine groups is 2. The molecule has 7 amide bonds. The molecule has 37 nitrogen and oxygen atoms in total. The number of imidazole rings is 2. The van der Waals surface area contributed by atoms with Gasteiger partial charge in [-0.3, -0.25) is 59.8 Å². The number of piperazine rings is 1. The van der Waals surface area contributed by atoms with Crippen LogP contribution >= 0.6 is 0 Å². The molecule has 2 aromatic heterocycles. The Morgan fingerprint density at radius 3 is 1.41 bits per heavy atom. The molecule has 0 radical (unpaired) electrons. The van der Waals surface area contributed by atoms with E-state index in [9.17, 15) is 33.6 Å². The molecule has 0 atom stereocenters. The van der Waals surface area contributed by atoms with E-state index in [1.165, 1.54) is 44.8 Å². The number of hydrogen-bond acceptors (Lipinski definition) is 29. The highest BCUT2D eigenvalue weighted by Gasteiger charge is 2.27. The number of anilines is 2. The number of amides is 7. The van der Waals surface area contributed by atoms with Gasteiger partial charge in [0.2, 0.25) is 29.6 Å². The van der Waals surface area contributed by atoms with Crippen LogP contribution in [0.25, 0.3) is 22.1 Å². The number of aromatic nitrogens is 4. The van der Waals surface area contributed by atoms with E-state index in [0.29, 0.717) is 154 Å². The van der Waals surface area contributed by atoms with Gasteiger partial charge in [-0.15, -0.1) is 0 Å². The van der Waals surface area contributed by atoms with Crippen molar-refractivity contribution in [3.05, 3.63) is 83.5 Å². The molecular formula is C64H98N18O19. The summed E-state index contributed by atoms with van der Waals surface area (Å²) in [5, 5.41) is 12.0. The number of carbonyl (C=O) groups excluding carboxylic acids is 7. The number of ether oxygens (including phenoxy) is 12. The number of hydrogen-bond donors (Lipinski definition) is 10. The van der Waals surface area contributed by atoms with Gasteiger partial charge in [0.1, 0.15) is 40.5 Å². The first-order valence-corrected chi connectivity index (χ1v) is 33.0. The molecule has 0 unspecified atom stereocenters. The maximum absolute atomic E-state index is 13.5. The van der Waals surface area contributed by atoms with E-state index >= 15 is 0 Å². The smallest absolute Gasteiger partial charge is 0.276 e. The second kappa shape index (κ2) is 45.8. The van der Waals surface area contributed by atoms with Crippen LogP contribution in [0.4, 0.5) is 11.9 Å². The molecule has 101 heavy (non-hydrogen) atoms. The molecule has 4 aromatic rings. The zero-order valence-corrected chi connectivity index (χ0v) is 57.6. The van der Waals surface area contributed by atoms with Gasteiger partial charge in [0.15, 0.2) is 0 Å². The average Bonchev–Trinajstić information content (AvgIpc) is 1.64. The molecule has 15 N–H and O–H groups in total. The molecule has 0 saturated carbocycles. The molecular weight excluding hydrogens is 1320 g/mol. The SMILES string of the molecule is CN/C=C(\NN)C(=O)Nc1nc2cc(C(N)=O)cc(OCCCN3CCN(CCOCCOCCOCCOCCOCCOCCOCCOCCOCCOCCNC(=O)CN4C(=O)C=CC4=O)CC3)c2n1C/C=C/Cn1c(NC(=O)/C(N)=C/N(C)N)nc2cc(C(N)=O)cc(OC)c21. The van der Waals surface area contributed by atoms with Gasteiger partial charge in [0.05, 0.1) is 157 Å². The van der Waals surface area contributed by atoms with Crippen molar-refractivity contribution in [2.75, 3.05) is 223 Å². The maximum atomic E-state index is 13.5. The summed E-state index contributed by atoms with van der Waals surface area (Å²) in [6.07, 6.45) is 9.06. The Morgan fingerprint density at radius 2 is 0.980 bits per heavy atom. The maximum Gasteiger partial charge on any atom is 0.276 e. The largest absolute Gasteiger partial charge is 0.494 e. The summed E-state index contributed by atoms with van der Waals surface area (Å²) < 4.78 is 71.0. The van der Waals surface area contributed by atoms with Crippen LogP contribution in [0.3, 0.4) is 0 Å². The van der Waals surface area contributed by atoms with Gasteiger partial charge in [-0.05, 0) is 30.7 Å². The van der Waals surface area contributed by atoms with Gasteiger partial charge in [-0.2, -0.15) is 0 Å². The van der Waals surface area contributed by atoms with Gasteiger partial charge >= 0.3 is 0 Å². The molecule has 0 bridgehead atoms. The summed E-state index contributed by atoms with van der Waals surface area (Å²) in [5.74, 6) is 7.87. The minimum Gasteiger partial charge on any atom is -0.494 e. The van der Waals surface area contributed by atoms with Gasteiger partial charge < -0.3 is 109 Å². The van der Waals surface area contributed by atoms with E-state index < -0.39 is 41.4 Å². The first kappa shape index (κ1) is 81.0. The fourth-order valence-electron chi connectivity index (χ4n) is 9.88. The normalized spacial score (nSPS) is 13.9. The van der Waals surface area contributed by atoms with E-state index in [-0.39, 0.29) is 85.1 Å². The van der Waals surface area contributed by atoms with Gasteiger partial charge in [-0.1, -0.05) is 12.2 Å². The van der Waals surface area contributed by atoms with E-state index in [2.05, 4.69) is 41.5 Å². The number of primary amides is 2. The first-order chi connectivity index (χ1) is 49.0. The summed E-state index contributed by atoms with van der Waals surface area (Å²) in [7, 11) is 4.52. The molecule has 6 rings (SSSR count). The van der Waals surface area contributed by atoms with Gasteiger partial charge in [0, 0.05) is 109 Å².